The molecule has 152 valence electrons. The van der Waals surface area contributed by atoms with Gasteiger partial charge in [-0.1, -0.05) is 50.2 Å². The van der Waals surface area contributed by atoms with Crippen LogP contribution in [0.1, 0.15) is 43.9 Å². The highest BCUT2D eigenvalue weighted by atomic mass is 16.3. The molecule has 0 spiro atoms. The summed E-state index contributed by atoms with van der Waals surface area (Å²) in [5.41, 5.74) is 4.37. The summed E-state index contributed by atoms with van der Waals surface area (Å²) in [5, 5.41) is 18.3. The minimum Gasteiger partial charge on any atom is -0.508 e. The van der Waals surface area contributed by atoms with Gasteiger partial charge in [-0.2, -0.15) is 4.98 Å². The lowest BCUT2D eigenvalue weighted by Crippen LogP contribution is -2.36. The number of benzene rings is 2. The molecule has 1 unspecified atom stereocenters. The van der Waals surface area contributed by atoms with Gasteiger partial charge in [-0.05, 0) is 42.0 Å². The molecule has 2 aromatic carbocycles. The fraction of sp³-hybridized carbons (Fsp3) is 0.292. The van der Waals surface area contributed by atoms with Gasteiger partial charge in [0.1, 0.15) is 11.8 Å². The molecule has 5 rings (SSSR count). The number of aromatic hydroxyl groups is 1. The lowest BCUT2D eigenvalue weighted by molar-refractivity contribution is -0.118. The van der Waals surface area contributed by atoms with Crippen LogP contribution in [0.2, 0.25) is 0 Å². The summed E-state index contributed by atoms with van der Waals surface area (Å²) in [6.45, 7) is 6.25. The molecule has 2 N–H and O–H groups in total. The summed E-state index contributed by atoms with van der Waals surface area (Å²) in [4.78, 5) is 18.0. The predicted molar refractivity (Wildman–Crippen MR) is 115 cm³/mol. The van der Waals surface area contributed by atoms with E-state index in [4.69, 9.17) is 10.1 Å². The van der Waals surface area contributed by atoms with Crippen molar-refractivity contribution in [2.45, 2.75) is 39.7 Å². The Kier molecular flexibility index (Phi) is 4.07. The van der Waals surface area contributed by atoms with Gasteiger partial charge in [0.15, 0.2) is 11.6 Å². The summed E-state index contributed by atoms with van der Waals surface area (Å²) in [6, 6.07) is 14.6. The van der Waals surface area contributed by atoms with E-state index in [9.17, 15) is 9.90 Å². The Morgan fingerprint density at radius 2 is 1.93 bits per heavy atom. The molecule has 0 saturated heterocycles. The number of rotatable bonds is 2. The third kappa shape index (κ3) is 3.00. The van der Waals surface area contributed by atoms with E-state index in [-0.39, 0.29) is 16.9 Å². The van der Waals surface area contributed by atoms with Gasteiger partial charge in [0.2, 0.25) is 5.95 Å². The topological polar surface area (TPSA) is 80.0 Å². The third-order valence-corrected chi connectivity index (χ3v) is 5.90. The van der Waals surface area contributed by atoms with E-state index < -0.39 is 6.04 Å². The fourth-order valence-corrected chi connectivity index (χ4v) is 4.55. The number of nitrogens with zero attached hydrogens (tertiary/aromatic N) is 3. The maximum Gasteiger partial charge on any atom is 0.226 e. The van der Waals surface area contributed by atoms with Crippen LogP contribution >= 0.6 is 0 Å². The molecule has 1 aliphatic carbocycles. The normalized spacial score (nSPS) is 19.8. The number of carbonyl (C=O) groups is 1. The van der Waals surface area contributed by atoms with Crippen LogP contribution in [0.25, 0.3) is 11.4 Å². The number of Topliss-reactive ketones (excluding diaryl/α,β-unsaturated/α-hetero) is 1. The van der Waals surface area contributed by atoms with E-state index in [1.807, 2.05) is 37.3 Å². The minimum absolute atomic E-state index is 0.112. The van der Waals surface area contributed by atoms with Crippen molar-refractivity contribution < 1.29 is 9.90 Å². The number of anilines is 1. The Morgan fingerprint density at radius 1 is 1.13 bits per heavy atom. The van der Waals surface area contributed by atoms with E-state index >= 15 is 0 Å². The van der Waals surface area contributed by atoms with Crippen molar-refractivity contribution >= 4 is 11.7 Å². The summed E-state index contributed by atoms with van der Waals surface area (Å²) >= 11 is 0. The van der Waals surface area contributed by atoms with Gasteiger partial charge in [0.05, 0.1) is 0 Å². The van der Waals surface area contributed by atoms with Crippen LogP contribution in [0.5, 0.6) is 5.75 Å². The number of hydrogen-bond donors (Lipinski definition) is 2. The summed E-state index contributed by atoms with van der Waals surface area (Å²) < 4.78 is 1.78. The lowest BCUT2D eigenvalue weighted by atomic mass is 9.73. The molecule has 0 bridgehead atoms. The van der Waals surface area contributed by atoms with E-state index in [1.54, 1.807) is 22.9 Å². The van der Waals surface area contributed by atoms with Crippen molar-refractivity contribution in [2.75, 3.05) is 5.32 Å². The molecule has 1 aliphatic heterocycles. The fourth-order valence-electron chi connectivity index (χ4n) is 4.55. The second-order valence-electron chi connectivity index (χ2n) is 8.97. The van der Waals surface area contributed by atoms with Crippen molar-refractivity contribution in [1.82, 2.24) is 14.8 Å². The van der Waals surface area contributed by atoms with Gasteiger partial charge in [-0.25, -0.2) is 4.68 Å². The smallest absolute Gasteiger partial charge is 0.226 e. The van der Waals surface area contributed by atoms with E-state index in [2.05, 4.69) is 19.2 Å². The van der Waals surface area contributed by atoms with E-state index in [1.165, 1.54) is 0 Å². The molecule has 6 nitrogen and oxygen atoms in total. The molecule has 3 aromatic rings. The van der Waals surface area contributed by atoms with E-state index in [0.29, 0.717) is 23.8 Å². The Labute approximate surface area is 175 Å². The SMILES string of the molecule is Cc1ccccc1-c1nc2n(n1)C(c1cccc(O)c1)C1=C(CC(C)(C)CC1=O)N2. The highest BCUT2D eigenvalue weighted by Gasteiger charge is 2.42. The molecular weight excluding hydrogens is 376 g/mol. The minimum atomic E-state index is -0.419. The molecule has 30 heavy (non-hydrogen) atoms. The molecule has 0 saturated carbocycles. The molecular formula is C24H24N4O2. The quantitative estimate of drug-likeness (QED) is 0.656. The van der Waals surface area contributed by atoms with Crippen molar-refractivity contribution in [1.29, 1.82) is 0 Å². The highest BCUT2D eigenvalue weighted by Crippen LogP contribution is 2.46. The maximum absolute atomic E-state index is 13.2. The van der Waals surface area contributed by atoms with Gasteiger partial charge in [-0.15, -0.1) is 5.10 Å². The molecule has 0 fully saturated rings. The van der Waals surface area contributed by atoms with Crippen LogP contribution in [0.15, 0.2) is 59.8 Å². The third-order valence-electron chi connectivity index (χ3n) is 5.90. The number of ketones is 1. The highest BCUT2D eigenvalue weighted by molar-refractivity contribution is 6.00. The molecule has 2 aliphatic rings. The number of hydrogen-bond acceptors (Lipinski definition) is 5. The number of phenols is 1. The second-order valence-corrected chi connectivity index (χ2v) is 8.97. The first-order valence-electron chi connectivity index (χ1n) is 10.2. The van der Waals surface area contributed by atoms with Gasteiger partial charge in [0.25, 0.3) is 0 Å². The summed E-state index contributed by atoms with van der Waals surface area (Å²) in [5.74, 6) is 1.51. The molecule has 2 heterocycles. The second kappa shape index (κ2) is 6.55. The first-order chi connectivity index (χ1) is 14.3. The molecule has 6 heteroatoms. The molecule has 0 amide bonds. The molecule has 1 atom stereocenters. The summed E-state index contributed by atoms with van der Waals surface area (Å²) in [7, 11) is 0. The zero-order valence-electron chi connectivity index (χ0n) is 17.3. The lowest BCUT2D eigenvalue weighted by Gasteiger charge is -2.38. The largest absolute Gasteiger partial charge is 0.508 e. The standard InChI is InChI=1S/C24H24N4O2/c1-14-7-4-5-10-17(14)22-26-23-25-18-12-24(2,3)13-19(30)20(18)21(28(23)27-22)15-8-6-9-16(29)11-15/h4-11,21,29H,12-13H2,1-3H3,(H,25,26,27). The predicted octanol–water partition coefficient (Wildman–Crippen LogP) is 4.62. The zero-order chi connectivity index (χ0) is 21.0. The Hall–Kier alpha value is -3.41. The van der Waals surface area contributed by atoms with Crippen molar-refractivity contribution in [3.8, 4) is 17.1 Å². The van der Waals surface area contributed by atoms with Gasteiger partial charge >= 0.3 is 0 Å². The molecule has 1 aromatic heterocycles. The van der Waals surface area contributed by atoms with Crippen molar-refractivity contribution in [2.24, 2.45) is 5.41 Å². The number of nitrogens with one attached hydrogen (secondary N) is 1. The van der Waals surface area contributed by atoms with Crippen molar-refractivity contribution in [3.63, 3.8) is 0 Å². The van der Waals surface area contributed by atoms with Crippen molar-refractivity contribution in [3.05, 3.63) is 70.9 Å². The Bertz CT molecular complexity index is 1210. The first kappa shape index (κ1) is 18.6. The number of fused-ring (bicyclic) bond motifs is 1. The van der Waals surface area contributed by atoms with Crippen LogP contribution < -0.4 is 5.32 Å². The van der Waals surface area contributed by atoms with Crippen LogP contribution in [-0.4, -0.2) is 25.7 Å². The van der Waals surface area contributed by atoms with Crippen LogP contribution in [0.3, 0.4) is 0 Å². The van der Waals surface area contributed by atoms with Gasteiger partial charge in [-0.3, -0.25) is 4.79 Å². The average Bonchev–Trinajstić information content (AvgIpc) is 3.09. The monoisotopic (exact) mass is 400 g/mol. The Balaban J connectivity index is 1.71. The number of carbonyl (C=O) groups excluding carboxylic acids is 1. The number of phenolic OH excluding ortho intramolecular Hbond substituents is 1. The van der Waals surface area contributed by atoms with E-state index in [0.717, 1.165) is 28.8 Å². The van der Waals surface area contributed by atoms with Crippen LogP contribution in [0.4, 0.5) is 5.95 Å². The maximum atomic E-state index is 13.2. The first-order valence-corrected chi connectivity index (χ1v) is 10.2. The van der Waals surface area contributed by atoms with Crippen LogP contribution in [-0.2, 0) is 4.79 Å². The zero-order valence-corrected chi connectivity index (χ0v) is 17.3. The number of aromatic nitrogens is 3. The average molecular weight is 400 g/mol. The summed E-state index contributed by atoms with van der Waals surface area (Å²) in [6.07, 6.45) is 1.24. The van der Waals surface area contributed by atoms with Crippen LogP contribution in [0, 0.1) is 12.3 Å². The Morgan fingerprint density at radius 3 is 2.70 bits per heavy atom. The van der Waals surface area contributed by atoms with Gasteiger partial charge < -0.3 is 10.4 Å². The molecule has 0 radical (unpaired) electrons. The number of aryl methyl sites for hydroxylation is 1. The number of allylic oxidation sites excluding steroid dienone is 2. The van der Waals surface area contributed by atoms with Gasteiger partial charge in [0, 0.05) is 23.3 Å².